The first-order valence-electron chi connectivity index (χ1n) is 7.19. The van der Waals surface area contributed by atoms with Gasteiger partial charge in [0.25, 0.3) is 0 Å². The fourth-order valence-electron chi connectivity index (χ4n) is 3.10. The van der Waals surface area contributed by atoms with Crippen molar-refractivity contribution in [1.29, 1.82) is 0 Å². The topological polar surface area (TPSA) is 27.1 Å². The van der Waals surface area contributed by atoms with Gasteiger partial charge in [0, 0.05) is 23.9 Å². The third-order valence-corrected chi connectivity index (χ3v) is 4.59. The van der Waals surface area contributed by atoms with Crippen molar-refractivity contribution in [2.75, 3.05) is 13.0 Å². The van der Waals surface area contributed by atoms with E-state index in [4.69, 9.17) is 21.3 Å². The Morgan fingerprint density at radius 2 is 2.15 bits per heavy atom. The van der Waals surface area contributed by atoms with E-state index in [1.807, 2.05) is 12.1 Å². The fraction of sp³-hybridized carbons (Fsp3) is 0.562. The molecule has 0 unspecified atom stereocenters. The van der Waals surface area contributed by atoms with Crippen molar-refractivity contribution < 1.29 is 4.74 Å². The van der Waals surface area contributed by atoms with Gasteiger partial charge in [-0.1, -0.05) is 0 Å². The molecule has 1 saturated carbocycles. The number of fused-ring (bicyclic) bond motifs is 1. The molecule has 1 fully saturated rings. The van der Waals surface area contributed by atoms with Crippen molar-refractivity contribution in [1.82, 2.24) is 9.55 Å². The predicted molar refractivity (Wildman–Crippen MR) is 82.8 cm³/mol. The van der Waals surface area contributed by atoms with Crippen LogP contribution in [-0.2, 0) is 12.0 Å². The molecule has 3 rings (SSSR count). The van der Waals surface area contributed by atoms with E-state index in [-0.39, 0.29) is 5.54 Å². The Morgan fingerprint density at radius 3 is 2.75 bits per heavy atom. The lowest BCUT2D eigenvalue weighted by molar-refractivity contribution is 0.305. The lowest BCUT2D eigenvalue weighted by atomic mass is 9.97. The van der Waals surface area contributed by atoms with E-state index < -0.39 is 0 Å². The Kier molecular flexibility index (Phi) is 3.41. The maximum atomic E-state index is 5.96. The molecule has 1 aromatic carbocycles. The van der Waals surface area contributed by atoms with Crippen molar-refractivity contribution in [2.45, 2.75) is 38.6 Å². The number of nitrogens with zero attached hydrogens (tertiary/aromatic N) is 2. The highest BCUT2D eigenvalue weighted by Gasteiger charge is 2.41. The second-order valence-electron chi connectivity index (χ2n) is 6.09. The monoisotopic (exact) mass is 292 g/mol. The molecule has 4 heteroatoms. The van der Waals surface area contributed by atoms with Gasteiger partial charge in [0.05, 0.1) is 18.1 Å². The third kappa shape index (κ3) is 2.18. The Bertz CT molecular complexity index is 629. The average molecular weight is 293 g/mol. The molecule has 1 heterocycles. The number of methoxy groups -OCH3 is 1. The third-order valence-electron chi connectivity index (χ3n) is 4.40. The molecule has 0 spiro atoms. The highest BCUT2D eigenvalue weighted by atomic mass is 35.5. The van der Waals surface area contributed by atoms with Gasteiger partial charge in [-0.25, -0.2) is 4.98 Å². The molecule has 2 aromatic rings. The maximum absolute atomic E-state index is 5.96. The van der Waals surface area contributed by atoms with Crippen LogP contribution >= 0.6 is 11.6 Å². The van der Waals surface area contributed by atoms with Crippen LogP contribution in [0.3, 0.4) is 0 Å². The van der Waals surface area contributed by atoms with E-state index in [1.165, 1.54) is 18.4 Å². The zero-order valence-corrected chi connectivity index (χ0v) is 13.1. The summed E-state index contributed by atoms with van der Waals surface area (Å²) in [4.78, 5) is 4.79. The average Bonchev–Trinajstić information content (AvgIpc) is 3.21. The Labute approximate surface area is 124 Å². The van der Waals surface area contributed by atoms with E-state index >= 15 is 0 Å². The standard InChI is InChI=1S/C16H21ClN2O/c1-16(2,11-4-5-11)19-14-7-6-12(20-3)10-13(14)18-15(19)8-9-17/h6-7,10-11H,4-5,8-9H2,1-3H3. The van der Waals surface area contributed by atoms with Crippen LogP contribution in [0.2, 0.25) is 0 Å². The maximum Gasteiger partial charge on any atom is 0.121 e. The summed E-state index contributed by atoms with van der Waals surface area (Å²) in [7, 11) is 1.69. The Morgan fingerprint density at radius 1 is 1.40 bits per heavy atom. The summed E-state index contributed by atoms with van der Waals surface area (Å²) in [6.45, 7) is 4.63. The van der Waals surface area contributed by atoms with Gasteiger partial charge in [-0.2, -0.15) is 0 Å². The number of benzene rings is 1. The van der Waals surface area contributed by atoms with E-state index in [0.717, 1.165) is 29.4 Å². The van der Waals surface area contributed by atoms with E-state index in [2.05, 4.69) is 24.5 Å². The van der Waals surface area contributed by atoms with E-state index in [9.17, 15) is 0 Å². The molecule has 108 valence electrons. The van der Waals surface area contributed by atoms with Crippen LogP contribution in [0.25, 0.3) is 11.0 Å². The zero-order valence-electron chi connectivity index (χ0n) is 12.3. The summed E-state index contributed by atoms with van der Waals surface area (Å²) in [5, 5.41) is 0. The van der Waals surface area contributed by atoms with E-state index in [1.54, 1.807) is 7.11 Å². The largest absolute Gasteiger partial charge is 0.497 e. The first kappa shape index (κ1) is 13.7. The van der Waals surface area contributed by atoms with Gasteiger partial charge in [-0.05, 0) is 44.7 Å². The van der Waals surface area contributed by atoms with E-state index in [0.29, 0.717) is 5.88 Å². The van der Waals surface area contributed by atoms with Crippen LogP contribution in [0, 0.1) is 5.92 Å². The highest BCUT2D eigenvalue weighted by molar-refractivity contribution is 6.17. The normalized spacial score (nSPS) is 15.8. The second kappa shape index (κ2) is 4.96. The Balaban J connectivity index is 2.18. The van der Waals surface area contributed by atoms with Gasteiger partial charge in [0.15, 0.2) is 0 Å². The minimum atomic E-state index is 0.102. The lowest BCUT2D eigenvalue weighted by Gasteiger charge is -2.29. The van der Waals surface area contributed by atoms with Crippen LogP contribution in [0.5, 0.6) is 5.75 Å². The number of hydrogen-bond acceptors (Lipinski definition) is 2. The van der Waals surface area contributed by atoms with Crippen molar-refractivity contribution in [3.05, 3.63) is 24.0 Å². The van der Waals surface area contributed by atoms with Crippen LogP contribution in [0.15, 0.2) is 18.2 Å². The summed E-state index contributed by atoms with van der Waals surface area (Å²) in [6.07, 6.45) is 3.42. The number of rotatable bonds is 5. The highest BCUT2D eigenvalue weighted by Crippen LogP contribution is 2.45. The molecule has 1 aromatic heterocycles. The van der Waals surface area contributed by atoms with Gasteiger partial charge in [-0.15, -0.1) is 11.6 Å². The summed E-state index contributed by atoms with van der Waals surface area (Å²) in [5.74, 6) is 3.28. The number of ether oxygens (including phenoxy) is 1. The molecule has 0 atom stereocenters. The van der Waals surface area contributed by atoms with Crippen molar-refractivity contribution in [3.8, 4) is 5.75 Å². The number of aromatic nitrogens is 2. The SMILES string of the molecule is COc1ccc2c(c1)nc(CCCl)n2C(C)(C)C1CC1. The molecule has 0 bridgehead atoms. The van der Waals surface area contributed by atoms with Crippen LogP contribution in [0.1, 0.15) is 32.5 Å². The number of aryl methyl sites for hydroxylation is 1. The van der Waals surface area contributed by atoms with Gasteiger partial charge in [0.2, 0.25) is 0 Å². The number of imidazole rings is 1. The van der Waals surface area contributed by atoms with Crippen molar-refractivity contribution >= 4 is 22.6 Å². The smallest absolute Gasteiger partial charge is 0.121 e. The van der Waals surface area contributed by atoms with Crippen LogP contribution < -0.4 is 4.74 Å². The first-order valence-corrected chi connectivity index (χ1v) is 7.73. The van der Waals surface area contributed by atoms with Gasteiger partial charge in [0.1, 0.15) is 11.6 Å². The summed E-state index contributed by atoms with van der Waals surface area (Å²) in [6, 6.07) is 6.13. The number of halogens is 1. The fourth-order valence-corrected chi connectivity index (χ4v) is 3.27. The van der Waals surface area contributed by atoms with Crippen molar-refractivity contribution in [2.24, 2.45) is 5.92 Å². The summed E-state index contributed by atoms with van der Waals surface area (Å²) >= 11 is 5.96. The quantitative estimate of drug-likeness (QED) is 0.780. The van der Waals surface area contributed by atoms with Crippen LogP contribution in [0.4, 0.5) is 0 Å². The summed E-state index contributed by atoms with van der Waals surface area (Å²) < 4.78 is 7.69. The Hall–Kier alpha value is -1.22. The molecule has 0 saturated heterocycles. The molecule has 0 amide bonds. The molecular weight excluding hydrogens is 272 g/mol. The molecule has 3 nitrogen and oxygen atoms in total. The molecule has 0 radical (unpaired) electrons. The molecule has 20 heavy (non-hydrogen) atoms. The van der Waals surface area contributed by atoms with Crippen LogP contribution in [-0.4, -0.2) is 22.5 Å². The zero-order chi connectivity index (χ0) is 14.3. The number of alkyl halides is 1. The second-order valence-corrected chi connectivity index (χ2v) is 6.46. The molecule has 1 aliphatic rings. The van der Waals surface area contributed by atoms with Gasteiger partial charge in [-0.3, -0.25) is 0 Å². The molecular formula is C16H21ClN2O. The van der Waals surface area contributed by atoms with Gasteiger partial charge >= 0.3 is 0 Å². The van der Waals surface area contributed by atoms with Crippen molar-refractivity contribution in [3.63, 3.8) is 0 Å². The summed E-state index contributed by atoms with van der Waals surface area (Å²) in [5.41, 5.74) is 2.28. The minimum Gasteiger partial charge on any atom is -0.497 e. The lowest BCUT2D eigenvalue weighted by Crippen LogP contribution is -2.30. The minimum absolute atomic E-state index is 0.102. The predicted octanol–water partition coefficient (Wildman–Crippen LogP) is 3.97. The molecule has 1 aliphatic carbocycles. The number of hydrogen-bond donors (Lipinski definition) is 0. The molecule has 0 aliphatic heterocycles. The molecule has 0 N–H and O–H groups in total. The first-order chi connectivity index (χ1) is 9.57. The van der Waals surface area contributed by atoms with Gasteiger partial charge < -0.3 is 9.30 Å².